The van der Waals surface area contributed by atoms with Gasteiger partial charge in [0.25, 0.3) is 0 Å². The van der Waals surface area contributed by atoms with Gasteiger partial charge in [-0.05, 0) is 40.0 Å². The van der Waals surface area contributed by atoms with E-state index < -0.39 is 53.7 Å². The fraction of sp³-hybridized carbons (Fsp3) is 0.703. The second-order valence-electron chi connectivity index (χ2n) is 14.0. The van der Waals surface area contributed by atoms with Gasteiger partial charge in [-0.2, -0.15) is 0 Å². The first-order chi connectivity index (χ1) is 21.3. The summed E-state index contributed by atoms with van der Waals surface area (Å²) in [5, 5.41) is 23.2. The first-order valence-electron chi connectivity index (χ1n) is 16.9. The van der Waals surface area contributed by atoms with Crippen molar-refractivity contribution in [2.45, 2.75) is 151 Å². The zero-order chi connectivity index (χ0) is 35.0. The Balaban J connectivity index is 2.22. The van der Waals surface area contributed by atoms with E-state index in [0.29, 0.717) is 58.1 Å². The van der Waals surface area contributed by atoms with Crippen molar-refractivity contribution < 1.29 is 33.3 Å². The molecule has 0 bridgehead atoms. The third-order valence-corrected chi connectivity index (χ3v) is 10.3. The molecule has 2 N–H and O–H groups in total. The van der Waals surface area contributed by atoms with Gasteiger partial charge in [0.05, 0.1) is 18.1 Å². The minimum absolute atomic E-state index is 0.0748. The Morgan fingerprint density at radius 3 is 1.96 bits per heavy atom. The first kappa shape index (κ1) is 37.7. The Kier molecular flexibility index (Phi) is 11.9. The van der Waals surface area contributed by atoms with Crippen molar-refractivity contribution in [3.63, 3.8) is 0 Å². The van der Waals surface area contributed by atoms with Crippen LogP contribution in [0.3, 0.4) is 0 Å². The molecule has 9 heteroatoms. The van der Waals surface area contributed by atoms with E-state index in [1.807, 2.05) is 48.5 Å². The molecule has 2 aromatic rings. The monoisotopic (exact) mass is 644 g/mol. The molecule has 1 aliphatic rings. The van der Waals surface area contributed by atoms with Crippen LogP contribution in [0.25, 0.3) is 0 Å². The molecule has 1 aliphatic heterocycles. The highest BCUT2D eigenvalue weighted by atomic mass is 16.6. The second-order valence-corrected chi connectivity index (χ2v) is 14.0. The van der Waals surface area contributed by atoms with Gasteiger partial charge >= 0.3 is 5.97 Å². The topological polar surface area (TPSA) is 136 Å². The zero-order valence-electron chi connectivity index (χ0n) is 30.1. The summed E-state index contributed by atoms with van der Waals surface area (Å²) in [7, 11) is 0. The average Bonchev–Trinajstić information content (AvgIpc) is 3.01. The Morgan fingerprint density at radius 1 is 0.870 bits per heavy atom. The van der Waals surface area contributed by atoms with Gasteiger partial charge in [0.2, 0.25) is 0 Å². The zero-order valence-corrected chi connectivity index (χ0v) is 30.1. The van der Waals surface area contributed by atoms with E-state index in [-0.39, 0.29) is 29.2 Å². The quantitative estimate of drug-likeness (QED) is 0.263. The molecule has 3 heterocycles. The van der Waals surface area contributed by atoms with Gasteiger partial charge in [-0.1, -0.05) is 62.3 Å². The van der Waals surface area contributed by atoms with Crippen LogP contribution >= 0.6 is 0 Å². The summed E-state index contributed by atoms with van der Waals surface area (Å²) in [5.41, 5.74) is 1.45. The Hall–Kier alpha value is -2.75. The molecule has 3 rings (SSSR count). The van der Waals surface area contributed by atoms with Crippen LogP contribution in [0.1, 0.15) is 138 Å². The van der Waals surface area contributed by atoms with Crippen molar-refractivity contribution in [2.24, 2.45) is 17.8 Å². The SMILES string of the molecule is CCc1oc(C(C)C2(O)OC(C(C)c3oc(C(C)C(O)CC)c(C)c(=O)c3C)C(C)C(OC(=O)CC(C)C)C2C)c(C)c(=O)c1C. The molecule has 9 nitrogen and oxygen atoms in total. The maximum atomic E-state index is 13.5. The summed E-state index contributed by atoms with van der Waals surface area (Å²) in [4.78, 5) is 39.8. The van der Waals surface area contributed by atoms with Gasteiger partial charge < -0.3 is 28.5 Å². The lowest BCUT2D eigenvalue weighted by Crippen LogP contribution is -2.61. The summed E-state index contributed by atoms with van der Waals surface area (Å²) in [6.07, 6.45) is -1.03. The molecule has 0 aliphatic carbocycles. The number of rotatable bonds is 11. The Labute approximate surface area is 273 Å². The van der Waals surface area contributed by atoms with Crippen LogP contribution in [-0.4, -0.2) is 40.3 Å². The fourth-order valence-corrected chi connectivity index (χ4v) is 7.17. The molecule has 0 aromatic carbocycles. The first-order valence-corrected chi connectivity index (χ1v) is 16.9. The lowest BCUT2D eigenvalue weighted by Gasteiger charge is -2.52. The number of carbonyl (C=O) groups excluding carboxylic acids is 1. The van der Waals surface area contributed by atoms with Crippen molar-refractivity contribution in [3.8, 4) is 0 Å². The maximum Gasteiger partial charge on any atom is 0.306 e. The molecule has 258 valence electrons. The van der Waals surface area contributed by atoms with Crippen LogP contribution in [-0.2, 0) is 20.7 Å². The van der Waals surface area contributed by atoms with Crippen LogP contribution in [0.4, 0.5) is 0 Å². The molecule has 46 heavy (non-hydrogen) atoms. The van der Waals surface area contributed by atoms with E-state index in [4.69, 9.17) is 18.3 Å². The Bertz CT molecular complexity index is 1520. The number of aryl methyl sites for hydroxylation is 1. The number of carbonyl (C=O) groups is 1. The van der Waals surface area contributed by atoms with Crippen molar-refractivity contribution in [3.05, 3.63) is 65.7 Å². The third kappa shape index (κ3) is 6.92. The van der Waals surface area contributed by atoms with Gasteiger partial charge in [0.15, 0.2) is 16.6 Å². The van der Waals surface area contributed by atoms with Crippen molar-refractivity contribution in [1.29, 1.82) is 0 Å². The Morgan fingerprint density at radius 2 is 1.41 bits per heavy atom. The number of ether oxygens (including phenoxy) is 2. The number of hydrogen-bond acceptors (Lipinski definition) is 9. The number of esters is 1. The molecule has 0 spiro atoms. The molecule has 9 unspecified atom stereocenters. The molecular weight excluding hydrogens is 588 g/mol. The van der Waals surface area contributed by atoms with Crippen LogP contribution in [0.15, 0.2) is 18.4 Å². The number of aliphatic hydroxyl groups excluding tert-OH is 1. The average molecular weight is 645 g/mol. The minimum atomic E-state index is -1.93. The largest absolute Gasteiger partial charge is 0.465 e. The highest BCUT2D eigenvalue weighted by Crippen LogP contribution is 2.49. The lowest BCUT2D eigenvalue weighted by molar-refractivity contribution is -0.331. The van der Waals surface area contributed by atoms with Gasteiger partial charge in [-0.25, -0.2) is 0 Å². The van der Waals surface area contributed by atoms with Crippen molar-refractivity contribution in [1.82, 2.24) is 0 Å². The highest BCUT2D eigenvalue weighted by Gasteiger charge is 2.57. The molecular formula is C37H56O9. The standard InChI is InChI=1S/C37H56O9/c1-14-27(38)18(5)32-20(7)31(41)21(8)33(45-32)23(10)34-24(11)36(44-29(39)16-17(3)4)26(13)37(42,46-34)25(12)35-22(9)30(40)19(6)28(15-2)43-35/h17-18,23-27,34,36,38,42H,14-16H2,1-13H3. The summed E-state index contributed by atoms with van der Waals surface area (Å²) in [6.45, 7) is 23.6. The molecule has 1 saturated heterocycles. The van der Waals surface area contributed by atoms with Crippen LogP contribution < -0.4 is 10.9 Å². The molecule has 9 atom stereocenters. The van der Waals surface area contributed by atoms with E-state index >= 15 is 0 Å². The van der Waals surface area contributed by atoms with Crippen LogP contribution in [0.5, 0.6) is 0 Å². The number of aliphatic hydroxyl groups is 2. The summed E-state index contributed by atoms with van der Waals surface area (Å²) in [6, 6.07) is 0. The fourth-order valence-electron chi connectivity index (χ4n) is 7.17. The minimum Gasteiger partial charge on any atom is -0.465 e. The maximum absolute atomic E-state index is 13.5. The van der Waals surface area contributed by atoms with Crippen molar-refractivity contribution >= 4 is 5.97 Å². The van der Waals surface area contributed by atoms with E-state index in [2.05, 4.69) is 0 Å². The van der Waals surface area contributed by atoms with Crippen molar-refractivity contribution in [2.75, 3.05) is 0 Å². The molecule has 0 radical (unpaired) electrons. The van der Waals surface area contributed by atoms with Gasteiger partial charge in [0.1, 0.15) is 29.1 Å². The molecule has 2 aromatic heterocycles. The molecule has 0 amide bonds. The number of hydrogen-bond donors (Lipinski definition) is 2. The normalized spacial score (nSPS) is 26.1. The molecule has 0 saturated carbocycles. The van der Waals surface area contributed by atoms with E-state index in [9.17, 15) is 24.6 Å². The van der Waals surface area contributed by atoms with E-state index in [0.717, 1.165) is 0 Å². The van der Waals surface area contributed by atoms with Gasteiger partial charge in [0, 0.05) is 58.8 Å². The predicted octanol–water partition coefficient (Wildman–Crippen LogP) is 6.49. The van der Waals surface area contributed by atoms with Crippen LogP contribution in [0, 0.1) is 45.4 Å². The second kappa shape index (κ2) is 14.6. The van der Waals surface area contributed by atoms with Gasteiger partial charge in [-0.3, -0.25) is 14.4 Å². The van der Waals surface area contributed by atoms with Crippen LogP contribution in [0.2, 0.25) is 0 Å². The smallest absolute Gasteiger partial charge is 0.306 e. The summed E-state index contributed by atoms with van der Waals surface area (Å²) in [5.74, 6) is -3.52. The summed E-state index contributed by atoms with van der Waals surface area (Å²) >= 11 is 0. The van der Waals surface area contributed by atoms with E-state index in [1.54, 1.807) is 41.5 Å². The van der Waals surface area contributed by atoms with E-state index in [1.165, 1.54) is 0 Å². The summed E-state index contributed by atoms with van der Waals surface area (Å²) < 4.78 is 25.6. The lowest BCUT2D eigenvalue weighted by atomic mass is 9.72. The highest BCUT2D eigenvalue weighted by molar-refractivity contribution is 5.69. The predicted molar refractivity (Wildman–Crippen MR) is 177 cm³/mol. The molecule has 1 fully saturated rings. The van der Waals surface area contributed by atoms with Gasteiger partial charge in [-0.15, -0.1) is 0 Å². The third-order valence-electron chi connectivity index (χ3n) is 10.3.